The minimum atomic E-state index is 0.0243. The topological polar surface area (TPSA) is 44.4 Å². The first kappa shape index (κ1) is 13.9. The maximum atomic E-state index is 12.3. The zero-order valence-electron chi connectivity index (χ0n) is 12.0. The summed E-state index contributed by atoms with van der Waals surface area (Å²) in [5.41, 5.74) is 2.82. The summed E-state index contributed by atoms with van der Waals surface area (Å²) in [5.74, 6) is 0.0243. The zero-order chi connectivity index (χ0) is 13.8. The van der Waals surface area contributed by atoms with E-state index in [1.165, 1.54) is 0 Å². The molecule has 2 N–H and O–H groups in total. The highest BCUT2D eigenvalue weighted by Gasteiger charge is 2.22. The molecule has 1 aliphatic rings. The number of likely N-dealkylation sites (N-methyl/N-ethyl adjacent to an activating group) is 1. The standard InChI is InChI=1S/C15H23N3O/c1-4-16-14-9-11(2)5-6-13(14)15(19)17-12-7-8-18(3)10-12/h5-6,9,12,16H,4,7-8,10H2,1-3H3,(H,17,19). The second-order valence-corrected chi connectivity index (χ2v) is 5.30. The lowest BCUT2D eigenvalue weighted by Gasteiger charge is -2.16. The van der Waals surface area contributed by atoms with E-state index < -0.39 is 0 Å². The number of hydrogen-bond acceptors (Lipinski definition) is 3. The summed E-state index contributed by atoms with van der Waals surface area (Å²) in [4.78, 5) is 14.6. The number of aryl methyl sites for hydroxylation is 1. The number of carbonyl (C=O) groups is 1. The van der Waals surface area contributed by atoms with E-state index in [1.54, 1.807) is 0 Å². The Morgan fingerprint density at radius 2 is 2.26 bits per heavy atom. The number of benzene rings is 1. The van der Waals surface area contributed by atoms with Gasteiger partial charge in [-0.3, -0.25) is 4.79 Å². The molecule has 1 aliphatic heterocycles. The SMILES string of the molecule is CCNc1cc(C)ccc1C(=O)NC1CCN(C)C1. The Hall–Kier alpha value is -1.55. The third kappa shape index (κ3) is 3.47. The first-order valence-electron chi connectivity index (χ1n) is 6.94. The van der Waals surface area contributed by atoms with Crippen molar-refractivity contribution in [2.75, 3.05) is 32.0 Å². The van der Waals surface area contributed by atoms with Crippen LogP contribution in [0.3, 0.4) is 0 Å². The Bertz CT molecular complexity index is 459. The van der Waals surface area contributed by atoms with Crippen LogP contribution in [0.5, 0.6) is 0 Å². The predicted molar refractivity (Wildman–Crippen MR) is 78.7 cm³/mol. The molecule has 1 atom stereocenters. The summed E-state index contributed by atoms with van der Waals surface area (Å²) in [5, 5.41) is 6.38. The molecular weight excluding hydrogens is 238 g/mol. The summed E-state index contributed by atoms with van der Waals surface area (Å²) in [6, 6.07) is 6.19. The lowest BCUT2D eigenvalue weighted by atomic mass is 10.1. The Kier molecular flexibility index (Phi) is 4.43. The average Bonchev–Trinajstić information content (AvgIpc) is 2.75. The number of hydrogen-bond donors (Lipinski definition) is 2. The molecule has 4 nitrogen and oxygen atoms in total. The molecule has 4 heteroatoms. The number of likely N-dealkylation sites (tertiary alicyclic amines) is 1. The van der Waals surface area contributed by atoms with Gasteiger partial charge in [0.25, 0.3) is 5.91 Å². The molecule has 1 aromatic rings. The van der Waals surface area contributed by atoms with Crippen LogP contribution in [0.4, 0.5) is 5.69 Å². The molecular formula is C15H23N3O. The molecule has 0 radical (unpaired) electrons. The summed E-state index contributed by atoms with van der Waals surface area (Å²) in [6.07, 6.45) is 1.03. The van der Waals surface area contributed by atoms with Gasteiger partial charge in [0, 0.05) is 24.8 Å². The quantitative estimate of drug-likeness (QED) is 0.869. The van der Waals surface area contributed by atoms with Crippen LogP contribution in [-0.2, 0) is 0 Å². The predicted octanol–water partition coefficient (Wildman–Crippen LogP) is 1.86. The van der Waals surface area contributed by atoms with E-state index in [-0.39, 0.29) is 11.9 Å². The van der Waals surface area contributed by atoms with Crippen molar-refractivity contribution in [1.82, 2.24) is 10.2 Å². The summed E-state index contributed by atoms with van der Waals surface area (Å²) < 4.78 is 0. The smallest absolute Gasteiger partial charge is 0.253 e. The molecule has 2 rings (SSSR count). The van der Waals surface area contributed by atoms with Gasteiger partial charge in [-0.15, -0.1) is 0 Å². The van der Waals surface area contributed by atoms with Crippen molar-refractivity contribution in [2.45, 2.75) is 26.3 Å². The molecule has 1 amide bonds. The van der Waals surface area contributed by atoms with Crippen LogP contribution >= 0.6 is 0 Å². The van der Waals surface area contributed by atoms with Crippen molar-refractivity contribution >= 4 is 11.6 Å². The van der Waals surface area contributed by atoms with E-state index in [0.29, 0.717) is 0 Å². The Morgan fingerprint density at radius 1 is 1.47 bits per heavy atom. The van der Waals surface area contributed by atoms with E-state index in [0.717, 1.165) is 42.9 Å². The maximum absolute atomic E-state index is 12.3. The van der Waals surface area contributed by atoms with Crippen LogP contribution in [0.2, 0.25) is 0 Å². The largest absolute Gasteiger partial charge is 0.385 e. The number of amides is 1. The fourth-order valence-electron chi connectivity index (χ4n) is 2.51. The number of nitrogens with one attached hydrogen (secondary N) is 2. The summed E-state index contributed by atoms with van der Waals surface area (Å²) in [7, 11) is 2.09. The van der Waals surface area contributed by atoms with Gasteiger partial charge in [0.2, 0.25) is 0 Å². The molecule has 0 aromatic heterocycles. The van der Waals surface area contributed by atoms with Crippen LogP contribution < -0.4 is 10.6 Å². The van der Waals surface area contributed by atoms with Gasteiger partial charge in [-0.2, -0.15) is 0 Å². The van der Waals surface area contributed by atoms with Gasteiger partial charge < -0.3 is 15.5 Å². The van der Waals surface area contributed by atoms with Crippen molar-refractivity contribution in [3.05, 3.63) is 29.3 Å². The number of nitrogens with zero attached hydrogens (tertiary/aromatic N) is 1. The molecule has 0 saturated carbocycles. The fraction of sp³-hybridized carbons (Fsp3) is 0.533. The van der Waals surface area contributed by atoms with Gasteiger partial charge in [-0.25, -0.2) is 0 Å². The molecule has 1 saturated heterocycles. The van der Waals surface area contributed by atoms with E-state index >= 15 is 0 Å². The third-order valence-electron chi connectivity index (χ3n) is 3.51. The Labute approximate surface area is 115 Å². The van der Waals surface area contributed by atoms with Gasteiger partial charge in [-0.05, 0) is 51.6 Å². The number of carbonyl (C=O) groups excluding carboxylic acids is 1. The van der Waals surface area contributed by atoms with Crippen molar-refractivity contribution < 1.29 is 4.79 Å². The van der Waals surface area contributed by atoms with E-state index in [2.05, 4.69) is 22.6 Å². The summed E-state index contributed by atoms with van der Waals surface area (Å²) >= 11 is 0. The van der Waals surface area contributed by atoms with Crippen molar-refractivity contribution in [1.29, 1.82) is 0 Å². The number of anilines is 1. The van der Waals surface area contributed by atoms with Crippen LogP contribution in [0.25, 0.3) is 0 Å². The fourth-order valence-corrected chi connectivity index (χ4v) is 2.51. The van der Waals surface area contributed by atoms with E-state index in [4.69, 9.17) is 0 Å². The molecule has 1 unspecified atom stereocenters. The first-order chi connectivity index (χ1) is 9.10. The minimum Gasteiger partial charge on any atom is -0.385 e. The minimum absolute atomic E-state index is 0.0243. The van der Waals surface area contributed by atoms with Gasteiger partial charge in [-0.1, -0.05) is 6.07 Å². The van der Waals surface area contributed by atoms with Crippen LogP contribution in [0.15, 0.2) is 18.2 Å². The second kappa shape index (κ2) is 6.06. The second-order valence-electron chi connectivity index (χ2n) is 5.30. The Balaban J connectivity index is 2.09. The third-order valence-corrected chi connectivity index (χ3v) is 3.51. The van der Waals surface area contributed by atoms with Crippen molar-refractivity contribution in [3.8, 4) is 0 Å². The van der Waals surface area contributed by atoms with Gasteiger partial charge in [0.15, 0.2) is 0 Å². The zero-order valence-corrected chi connectivity index (χ0v) is 12.0. The molecule has 0 bridgehead atoms. The van der Waals surface area contributed by atoms with Gasteiger partial charge in [0.05, 0.1) is 5.56 Å². The average molecular weight is 261 g/mol. The molecule has 0 spiro atoms. The van der Waals surface area contributed by atoms with Crippen molar-refractivity contribution in [3.63, 3.8) is 0 Å². The molecule has 1 aromatic carbocycles. The highest BCUT2D eigenvalue weighted by Crippen LogP contribution is 2.18. The van der Waals surface area contributed by atoms with Gasteiger partial charge in [0.1, 0.15) is 0 Å². The van der Waals surface area contributed by atoms with Crippen LogP contribution in [-0.4, -0.2) is 43.5 Å². The molecule has 104 valence electrons. The highest BCUT2D eigenvalue weighted by molar-refractivity contribution is 5.99. The molecule has 1 fully saturated rings. The van der Waals surface area contributed by atoms with Gasteiger partial charge >= 0.3 is 0 Å². The van der Waals surface area contributed by atoms with Crippen LogP contribution in [0, 0.1) is 6.92 Å². The van der Waals surface area contributed by atoms with Crippen LogP contribution in [0.1, 0.15) is 29.3 Å². The maximum Gasteiger partial charge on any atom is 0.253 e. The van der Waals surface area contributed by atoms with E-state index in [1.807, 2.05) is 32.0 Å². The normalized spacial score (nSPS) is 19.4. The number of rotatable bonds is 4. The Morgan fingerprint density at radius 3 is 2.89 bits per heavy atom. The molecule has 19 heavy (non-hydrogen) atoms. The molecule has 0 aliphatic carbocycles. The first-order valence-corrected chi connectivity index (χ1v) is 6.94. The lowest BCUT2D eigenvalue weighted by molar-refractivity contribution is 0.0939. The lowest BCUT2D eigenvalue weighted by Crippen LogP contribution is -2.36. The highest BCUT2D eigenvalue weighted by atomic mass is 16.1. The van der Waals surface area contributed by atoms with E-state index in [9.17, 15) is 4.79 Å². The summed E-state index contributed by atoms with van der Waals surface area (Å²) in [6.45, 7) is 6.88. The monoisotopic (exact) mass is 261 g/mol. The van der Waals surface area contributed by atoms with Crippen molar-refractivity contribution in [2.24, 2.45) is 0 Å². The molecule has 1 heterocycles.